The van der Waals surface area contributed by atoms with Gasteiger partial charge in [-0.15, -0.1) is 0 Å². The van der Waals surface area contributed by atoms with Crippen LogP contribution < -0.4 is 10.6 Å². The van der Waals surface area contributed by atoms with E-state index >= 15 is 0 Å². The molecule has 0 fully saturated rings. The molecular formula is C20H22N4. The van der Waals surface area contributed by atoms with Crippen molar-refractivity contribution in [3.8, 4) is 0 Å². The third kappa shape index (κ3) is 4.10. The van der Waals surface area contributed by atoms with Crippen LogP contribution in [0.5, 0.6) is 0 Å². The highest BCUT2D eigenvalue weighted by Gasteiger charge is 2.04. The van der Waals surface area contributed by atoms with Gasteiger partial charge in [-0.3, -0.25) is 0 Å². The Kier molecular flexibility index (Phi) is 4.75. The molecule has 0 amide bonds. The standard InChI is InChI=1S/C20H22N4/c1-4-16-8-10-17(11-9-16)23-20-21-15(3)13-19(24-20)22-18-7-5-6-14(2)12-18/h5-13H,4H2,1-3H3,(H2,21,22,23,24). The summed E-state index contributed by atoms with van der Waals surface area (Å²) in [5.41, 5.74) is 5.44. The zero-order valence-electron chi connectivity index (χ0n) is 14.3. The van der Waals surface area contributed by atoms with Crippen molar-refractivity contribution in [3.05, 3.63) is 71.4 Å². The molecule has 0 saturated heterocycles. The molecule has 0 saturated carbocycles. The summed E-state index contributed by atoms with van der Waals surface area (Å²) in [4.78, 5) is 9.03. The number of aryl methyl sites for hydroxylation is 3. The molecule has 122 valence electrons. The van der Waals surface area contributed by atoms with Crippen molar-refractivity contribution in [2.24, 2.45) is 0 Å². The first-order valence-electron chi connectivity index (χ1n) is 8.18. The van der Waals surface area contributed by atoms with Crippen LogP contribution in [0.25, 0.3) is 0 Å². The number of anilines is 4. The van der Waals surface area contributed by atoms with Crippen molar-refractivity contribution in [1.29, 1.82) is 0 Å². The molecule has 0 aliphatic heterocycles. The van der Waals surface area contributed by atoms with Gasteiger partial charge in [0.25, 0.3) is 0 Å². The number of nitrogens with one attached hydrogen (secondary N) is 2. The Morgan fingerprint density at radius 2 is 1.62 bits per heavy atom. The summed E-state index contributed by atoms with van der Waals surface area (Å²) in [6.07, 6.45) is 1.03. The fraction of sp³-hybridized carbons (Fsp3) is 0.200. The highest BCUT2D eigenvalue weighted by molar-refractivity contribution is 5.60. The predicted octanol–water partition coefficient (Wildman–Crippen LogP) is 5.14. The van der Waals surface area contributed by atoms with Crippen LogP contribution in [-0.2, 0) is 6.42 Å². The second-order valence-corrected chi connectivity index (χ2v) is 5.89. The summed E-state index contributed by atoms with van der Waals surface area (Å²) in [5, 5.41) is 6.61. The van der Waals surface area contributed by atoms with Gasteiger partial charge in [-0.2, -0.15) is 4.98 Å². The van der Waals surface area contributed by atoms with E-state index in [0.29, 0.717) is 5.95 Å². The van der Waals surface area contributed by atoms with Gasteiger partial charge in [0, 0.05) is 23.1 Å². The number of benzene rings is 2. The Bertz CT molecular complexity index is 825. The van der Waals surface area contributed by atoms with Gasteiger partial charge < -0.3 is 10.6 Å². The lowest BCUT2D eigenvalue weighted by molar-refractivity contribution is 1.10. The molecule has 3 rings (SSSR count). The maximum Gasteiger partial charge on any atom is 0.229 e. The second-order valence-electron chi connectivity index (χ2n) is 5.89. The average molecular weight is 318 g/mol. The lowest BCUT2D eigenvalue weighted by atomic mass is 10.1. The molecule has 4 heteroatoms. The minimum atomic E-state index is 0.592. The summed E-state index contributed by atoms with van der Waals surface area (Å²) in [6.45, 7) is 6.19. The Hall–Kier alpha value is -2.88. The summed E-state index contributed by atoms with van der Waals surface area (Å²) in [6, 6.07) is 18.5. The van der Waals surface area contributed by atoms with Crippen molar-refractivity contribution in [2.45, 2.75) is 27.2 Å². The number of aromatic nitrogens is 2. The maximum absolute atomic E-state index is 4.56. The molecule has 4 nitrogen and oxygen atoms in total. The molecule has 3 aromatic rings. The first kappa shape index (κ1) is 16.0. The minimum absolute atomic E-state index is 0.592. The van der Waals surface area contributed by atoms with Crippen LogP contribution in [0.3, 0.4) is 0 Å². The van der Waals surface area contributed by atoms with E-state index < -0.39 is 0 Å². The first-order valence-corrected chi connectivity index (χ1v) is 8.18. The molecule has 1 aromatic heterocycles. The molecule has 0 bridgehead atoms. The van der Waals surface area contributed by atoms with Crippen LogP contribution in [0.4, 0.5) is 23.1 Å². The fourth-order valence-corrected chi connectivity index (χ4v) is 2.51. The predicted molar refractivity (Wildman–Crippen MR) is 100 cm³/mol. The van der Waals surface area contributed by atoms with Gasteiger partial charge in [-0.1, -0.05) is 31.2 Å². The van der Waals surface area contributed by atoms with E-state index in [2.05, 4.69) is 70.8 Å². The van der Waals surface area contributed by atoms with Crippen LogP contribution in [0, 0.1) is 13.8 Å². The van der Waals surface area contributed by atoms with Crippen molar-refractivity contribution in [1.82, 2.24) is 9.97 Å². The molecule has 0 aliphatic carbocycles. The minimum Gasteiger partial charge on any atom is -0.340 e. The lowest BCUT2D eigenvalue weighted by Gasteiger charge is -2.10. The monoisotopic (exact) mass is 318 g/mol. The van der Waals surface area contributed by atoms with Crippen molar-refractivity contribution >= 4 is 23.1 Å². The molecule has 0 aliphatic rings. The molecular weight excluding hydrogens is 296 g/mol. The summed E-state index contributed by atoms with van der Waals surface area (Å²) >= 11 is 0. The van der Waals surface area contributed by atoms with Crippen LogP contribution in [0.2, 0.25) is 0 Å². The van der Waals surface area contributed by atoms with E-state index in [0.717, 1.165) is 29.3 Å². The Morgan fingerprint density at radius 1 is 0.833 bits per heavy atom. The highest BCUT2D eigenvalue weighted by Crippen LogP contribution is 2.20. The number of hydrogen-bond acceptors (Lipinski definition) is 4. The van der Waals surface area contributed by atoms with E-state index in [1.807, 2.05) is 25.1 Å². The van der Waals surface area contributed by atoms with Crippen LogP contribution >= 0.6 is 0 Å². The van der Waals surface area contributed by atoms with Gasteiger partial charge in [0.05, 0.1) is 0 Å². The van der Waals surface area contributed by atoms with Gasteiger partial charge in [0.2, 0.25) is 5.95 Å². The smallest absolute Gasteiger partial charge is 0.229 e. The van der Waals surface area contributed by atoms with Crippen LogP contribution in [0.1, 0.15) is 23.7 Å². The molecule has 2 aromatic carbocycles. The van der Waals surface area contributed by atoms with E-state index in [4.69, 9.17) is 0 Å². The van der Waals surface area contributed by atoms with E-state index in [-0.39, 0.29) is 0 Å². The topological polar surface area (TPSA) is 49.8 Å². The third-order valence-electron chi connectivity index (χ3n) is 3.76. The summed E-state index contributed by atoms with van der Waals surface area (Å²) in [7, 11) is 0. The van der Waals surface area contributed by atoms with Crippen LogP contribution in [0.15, 0.2) is 54.6 Å². The first-order chi connectivity index (χ1) is 11.6. The number of nitrogens with zero attached hydrogens (tertiary/aromatic N) is 2. The fourth-order valence-electron chi connectivity index (χ4n) is 2.51. The SMILES string of the molecule is CCc1ccc(Nc2nc(C)cc(Nc3cccc(C)c3)n2)cc1. The van der Waals surface area contributed by atoms with Gasteiger partial charge in [0.15, 0.2) is 0 Å². The van der Waals surface area contributed by atoms with Gasteiger partial charge in [0.1, 0.15) is 5.82 Å². The van der Waals surface area contributed by atoms with Gasteiger partial charge >= 0.3 is 0 Å². The maximum atomic E-state index is 4.56. The Balaban J connectivity index is 1.80. The van der Waals surface area contributed by atoms with Crippen molar-refractivity contribution < 1.29 is 0 Å². The zero-order valence-corrected chi connectivity index (χ0v) is 14.3. The summed E-state index contributed by atoms with van der Waals surface area (Å²) < 4.78 is 0. The second kappa shape index (κ2) is 7.13. The largest absolute Gasteiger partial charge is 0.340 e. The molecule has 0 atom stereocenters. The van der Waals surface area contributed by atoms with E-state index in [1.165, 1.54) is 11.1 Å². The molecule has 2 N–H and O–H groups in total. The van der Waals surface area contributed by atoms with Crippen molar-refractivity contribution in [2.75, 3.05) is 10.6 Å². The molecule has 1 heterocycles. The third-order valence-corrected chi connectivity index (χ3v) is 3.76. The Labute approximate surface area is 143 Å². The molecule has 0 spiro atoms. The van der Waals surface area contributed by atoms with Crippen molar-refractivity contribution in [3.63, 3.8) is 0 Å². The lowest BCUT2D eigenvalue weighted by Crippen LogP contribution is -2.02. The van der Waals surface area contributed by atoms with E-state index in [9.17, 15) is 0 Å². The zero-order chi connectivity index (χ0) is 16.9. The highest BCUT2D eigenvalue weighted by atomic mass is 15.1. The van der Waals surface area contributed by atoms with Gasteiger partial charge in [-0.05, 0) is 55.7 Å². The number of rotatable bonds is 5. The van der Waals surface area contributed by atoms with Crippen LogP contribution in [-0.4, -0.2) is 9.97 Å². The molecule has 0 unspecified atom stereocenters. The normalized spacial score (nSPS) is 10.5. The Morgan fingerprint density at radius 3 is 2.33 bits per heavy atom. The van der Waals surface area contributed by atoms with Gasteiger partial charge in [-0.25, -0.2) is 4.98 Å². The number of hydrogen-bond donors (Lipinski definition) is 2. The molecule has 24 heavy (non-hydrogen) atoms. The average Bonchev–Trinajstić information content (AvgIpc) is 2.55. The quantitative estimate of drug-likeness (QED) is 0.683. The molecule has 0 radical (unpaired) electrons. The summed E-state index contributed by atoms with van der Waals surface area (Å²) in [5.74, 6) is 1.37. The van der Waals surface area contributed by atoms with E-state index in [1.54, 1.807) is 0 Å².